The minimum absolute atomic E-state index is 0.00836. The molecule has 0 N–H and O–H groups in total. The number of ketones is 1. The third-order valence-electron chi connectivity index (χ3n) is 3.56. The van der Waals surface area contributed by atoms with Crippen LogP contribution in [0, 0.1) is 0 Å². The summed E-state index contributed by atoms with van der Waals surface area (Å²) in [5.74, 6) is 1.18. The Morgan fingerprint density at radius 1 is 1.05 bits per heavy atom. The van der Waals surface area contributed by atoms with Crippen molar-refractivity contribution >= 4 is 11.5 Å². The summed E-state index contributed by atoms with van der Waals surface area (Å²) in [6.07, 6.45) is 0. The van der Waals surface area contributed by atoms with E-state index in [2.05, 4.69) is 6.07 Å². The van der Waals surface area contributed by atoms with Crippen LogP contribution in [-0.2, 0) is 0 Å². The predicted molar refractivity (Wildman–Crippen MR) is 89.3 cm³/mol. The first kappa shape index (κ1) is 15.9. The van der Waals surface area contributed by atoms with Gasteiger partial charge in [-0.05, 0) is 36.8 Å². The number of hydrogen-bond donors (Lipinski definition) is 0. The standard InChI is InChI=1S/C18H21NO3/c1-12(20)14-10-16(18(22-5)17(11-14)21-4)13-7-6-8-15(9-13)19(2)3/h6-11H,1-5H3. The lowest BCUT2D eigenvalue weighted by Crippen LogP contribution is -2.08. The fourth-order valence-corrected chi connectivity index (χ4v) is 2.33. The normalized spacial score (nSPS) is 10.2. The molecule has 0 saturated heterocycles. The minimum Gasteiger partial charge on any atom is -0.493 e. The van der Waals surface area contributed by atoms with E-state index in [1.54, 1.807) is 27.2 Å². The van der Waals surface area contributed by atoms with Gasteiger partial charge < -0.3 is 14.4 Å². The molecule has 22 heavy (non-hydrogen) atoms. The highest BCUT2D eigenvalue weighted by Gasteiger charge is 2.16. The molecule has 0 aliphatic heterocycles. The van der Waals surface area contributed by atoms with Crippen LogP contribution in [0.15, 0.2) is 36.4 Å². The molecule has 0 aliphatic rings. The summed E-state index contributed by atoms with van der Waals surface area (Å²) in [5, 5.41) is 0. The van der Waals surface area contributed by atoms with Crippen LogP contribution in [0.2, 0.25) is 0 Å². The summed E-state index contributed by atoms with van der Waals surface area (Å²) in [6.45, 7) is 1.54. The van der Waals surface area contributed by atoms with Gasteiger partial charge in [0, 0.05) is 30.9 Å². The zero-order chi connectivity index (χ0) is 16.3. The first-order chi connectivity index (χ1) is 10.5. The Kier molecular flexibility index (Phi) is 4.71. The second kappa shape index (κ2) is 6.52. The molecule has 0 heterocycles. The van der Waals surface area contributed by atoms with Crippen LogP contribution >= 0.6 is 0 Å². The molecule has 0 unspecified atom stereocenters. The van der Waals surface area contributed by atoms with Crippen molar-refractivity contribution in [3.8, 4) is 22.6 Å². The van der Waals surface area contributed by atoms with Crippen molar-refractivity contribution in [2.45, 2.75) is 6.92 Å². The fraction of sp³-hybridized carbons (Fsp3) is 0.278. The van der Waals surface area contributed by atoms with E-state index < -0.39 is 0 Å². The smallest absolute Gasteiger partial charge is 0.168 e. The Morgan fingerprint density at radius 3 is 2.32 bits per heavy atom. The lowest BCUT2D eigenvalue weighted by Gasteiger charge is -2.17. The number of benzene rings is 2. The monoisotopic (exact) mass is 299 g/mol. The van der Waals surface area contributed by atoms with Crippen molar-refractivity contribution < 1.29 is 14.3 Å². The zero-order valence-corrected chi connectivity index (χ0v) is 13.6. The Labute approximate surface area is 131 Å². The molecule has 4 nitrogen and oxygen atoms in total. The van der Waals surface area contributed by atoms with Crippen LogP contribution in [-0.4, -0.2) is 34.1 Å². The molecule has 2 rings (SSSR count). The van der Waals surface area contributed by atoms with E-state index in [0.29, 0.717) is 17.1 Å². The van der Waals surface area contributed by atoms with Crippen LogP contribution in [0.5, 0.6) is 11.5 Å². The first-order valence-corrected chi connectivity index (χ1v) is 7.02. The SMILES string of the molecule is COc1cc(C(C)=O)cc(-c2cccc(N(C)C)c2)c1OC. The maximum atomic E-state index is 11.8. The third kappa shape index (κ3) is 3.06. The van der Waals surface area contributed by atoms with Crippen LogP contribution < -0.4 is 14.4 Å². The van der Waals surface area contributed by atoms with Gasteiger partial charge >= 0.3 is 0 Å². The van der Waals surface area contributed by atoms with E-state index in [9.17, 15) is 4.79 Å². The van der Waals surface area contributed by atoms with E-state index in [-0.39, 0.29) is 5.78 Å². The average Bonchev–Trinajstić information content (AvgIpc) is 2.53. The molecule has 0 amide bonds. The number of methoxy groups -OCH3 is 2. The van der Waals surface area contributed by atoms with E-state index in [4.69, 9.17) is 9.47 Å². The molecule has 0 aliphatic carbocycles. The molecule has 0 spiro atoms. The molecule has 2 aromatic rings. The molecule has 0 radical (unpaired) electrons. The largest absolute Gasteiger partial charge is 0.493 e. The quantitative estimate of drug-likeness (QED) is 0.790. The van der Waals surface area contributed by atoms with Gasteiger partial charge in [0.05, 0.1) is 14.2 Å². The summed E-state index contributed by atoms with van der Waals surface area (Å²) in [4.78, 5) is 13.8. The van der Waals surface area contributed by atoms with Crippen LogP contribution in [0.1, 0.15) is 17.3 Å². The molecular weight excluding hydrogens is 278 g/mol. The second-order valence-electron chi connectivity index (χ2n) is 5.26. The summed E-state index contributed by atoms with van der Waals surface area (Å²) in [5.41, 5.74) is 3.50. The van der Waals surface area contributed by atoms with Crippen LogP contribution in [0.25, 0.3) is 11.1 Å². The van der Waals surface area contributed by atoms with Crippen molar-refractivity contribution in [1.29, 1.82) is 0 Å². The molecule has 4 heteroatoms. The first-order valence-electron chi connectivity index (χ1n) is 7.02. The van der Waals surface area contributed by atoms with Gasteiger partial charge in [-0.25, -0.2) is 0 Å². The Morgan fingerprint density at radius 2 is 1.77 bits per heavy atom. The fourth-order valence-electron chi connectivity index (χ4n) is 2.33. The molecule has 2 aromatic carbocycles. The molecule has 0 fully saturated rings. The molecular formula is C18H21NO3. The molecule has 0 bridgehead atoms. The number of carbonyl (C=O) groups excluding carboxylic acids is 1. The lowest BCUT2D eigenvalue weighted by atomic mass is 9.99. The van der Waals surface area contributed by atoms with Gasteiger partial charge in [-0.2, -0.15) is 0 Å². The maximum absolute atomic E-state index is 11.8. The van der Waals surface area contributed by atoms with Crippen LogP contribution in [0.3, 0.4) is 0 Å². The van der Waals surface area contributed by atoms with Gasteiger partial charge in [-0.1, -0.05) is 12.1 Å². The molecule has 0 atom stereocenters. The number of hydrogen-bond acceptors (Lipinski definition) is 4. The Hall–Kier alpha value is -2.49. The highest BCUT2D eigenvalue weighted by Crippen LogP contribution is 2.40. The Bertz CT molecular complexity index is 693. The lowest BCUT2D eigenvalue weighted by molar-refractivity contribution is 0.101. The second-order valence-corrected chi connectivity index (χ2v) is 5.26. The summed E-state index contributed by atoms with van der Waals surface area (Å²) in [7, 11) is 7.15. The molecule has 116 valence electrons. The van der Waals surface area contributed by atoms with Gasteiger partial charge in [-0.15, -0.1) is 0 Å². The number of Topliss-reactive ketones (excluding diaryl/α,β-unsaturated/α-hetero) is 1. The zero-order valence-electron chi connectivity index (χ0n) is 13.6. The molecule has 0 saturated carbocycles. The number of rotatable bonds is 5. The number of anilines is 1. The van der Waals surface area contributed by atoms with E-state index in [0.717, 1.165) is 16.8 Å². The average molecular weight is 299 g/mol. The molecule has 0 aromatic heterocycles. The number of ether oxygens (including phenoxy) is 2. The Balaban J connectivity index is 2.69. The summed E-state index contributed by atoms with van der Waals surface area (Å²) >= 11 is 0. The number of carbonyl (C=O) groups is 1. The summed E-state index contributed by atoms with van der Waals surface area (Å²) < 4.78 is 10.9. The highest BCUT2D eigenvalue weighted by atomic mass is 16.5. The summed E-state index contributed by atoms with van der Waals surface area (Å²) in [6, 6.07) is 11.6. The maximum Gasteiger partial charge on any atom is 0.168 e. The van der Waals surface area contributed by atoms with Crippen molar-refractivity contribution in [2.24, 2.45) is 0 Å². The van der Waals surface area contributed by atoms with Gasteiger partial charge in [0.25, 0.3) is 0 Å². The topological polar surface area (TPSA) is 38.8 Å². The van der Waals surface area contributed by atoms with Crippen LogP contribution in [0.4, 0.5) is 5.69 Å². The van der Waals surface area contributed by atoms with Gasteiger partial charge in [0.15, 0.2) is 17.3 Å². The number of nitrogens with zero attached hydrogens (tertiary/aromatic N) is 1. The predicted octanol–water partition coefficient (Wildman–Crippen LogP) is 3.64. The third-order valence-corrected chi connectivity index (χ3v) is 3.56. The van der Waals surface area contributed by atoms with Gasteiger partial charge in [-0.3, -0.25) is 4.79 Å². The van der Waals surface area contributed by atoms with Crippen molar-refractivity contribution in [3.05, 3.63) is 42.0 Å². The van der Waals surface area contributed by atoms with Gasteiger partial charge in [0.1, 0.15) is 0 Å². The van der Waals surface area contributed by atoms with E-state index in [1.807, 2.05) is 43.3 Å². The van der Waals surface area contributed by atoms with Crippen molar-refractivity contribution in [3.63, 3.8) is 0 Å². The van der Waals surface area contributed by atoms with Gasteiger partial charge in [0.2, 0.25) is 0 Å². The minimum atomic E-state index is -0.00836. The van der Waals surface area contributed by atoms with Crippen molar-refractivity contribution in [1.82, 2.24) is 0 Å². The van der Waals surface area contributed by atoms with Crippen molar-refractivity contribution in [2.75, 3.05) is 33.2 Å². The van der Waals surface area contributed by atoms with E-state index >= 15 is 0 Å². The highest BCUT2D eigenvalue weighted by molar-refractivity contribution is 5.97. The van der Waals surface area contributed by atoms with E-state index in [1.165, 1.54) is 0 Å².